The van der Waals surface area contributed by atoms with Gasteiger partial charge < -0.3 is 23.8 Å². The second-order valence-electron chi connectivity index (χ2n) is 4.85. The smallest absolute Gasteiger partial charge is 0.281 e. The molecule has 26 heavy (non-hydrogen) atoms. The molecule has 2 aromatic rings. The molecule has 0 fully saturated rings. The molecule has 0 saturated heterocycles. The van der Waals surface area contributed by atoms with E-state index >= 15 is 0 Å². The van der Waals surface area contributed by atoms with Gasteiger partial charge in [0.15, 0.2) is 11.5 Å². The fraction of sp³-hybridized carbons (Fsp3) is 0.278. The summed E-state index contributed by atoms with van der Waals surface area (Å²) in [6.07, 6.45) is 7.19. The zero-order valence-corrected chi connectivity index (χ0v) is 15.2. The number of hydrogen-bond acceptors (Lipinski definition) is 8. The molecule has 8 heteroatoms. The lowest BCUT2D eigenvalue weighted by Crippen LogP contribution is -2.23. The first-order valence-corrected chi connectivity index (χ1v) is 8.65. The van der Waals surface area contributed by atoms with Crippen LogP contribution < -0.4 is 14.6 Å². The molecular weight excluding hydrogens is 356 g/mol. The van der Waals surface area contributed by atoms with Crippen molar-refractivity contribution in [3.63, 3.8) is 0 Å². The van der Waals surface area contributed by atoms with E-state index in [1.807, 2.05) is 13.8 Å². The van der Waals surface area contributed by atoms with Gasteiger partial charge in [-0.05, 0) is 42.5 Å². The average molecular weight is 373 g/mol. The van der Waals surface area contributed by atoms with E-state index < -0.39 is 5.97 Å². The lowest BCUT2D eigenvalue weighted by molar-refractivity contribution is -0.298. The van der Waals surface area contributed by atoms with Crippen LogP contribution in [0.3, 0.4) is 0 Å². The van der Waals surface area contributed by atoms with Crippen LogP contribution in [0.25, 0.3) is 6.08 Å². The summed E-state index contributed by atoms with van der Waals surface area (Å²) >= 11 is 0.825. The lowest BCUT2D eigenvalue weighted by Gasteiger charge is -2.12. The highest BCUT2D eigenvalue weighted by molar-refractivity contribution is 8.03. The van der Waals surface area contributed by atoms with Crippen LogP contribution in [0.4, 0.5) is 0 Å². The number of benzene rings is 1. The summed E-state index contributed by atoms with van der Waals surface area (Å²) in [4.78, 5) is 11.4. The molecule has 1 aromatic heterocycles. The first-order chi connectivity index (χ1) is 12.6. The molecule has 7 nitrogen and oxygen atoms in total. The Balaban J connectivity index is 2.29. The molecule has 0 saturated carbocycles. The Bertz CT molecular complexity index is 838. The van der Waals surface area contributed by atoms with Crippen molar-refractivity contribution < 1.29 is 23.8 Å². The third-order valence-corrected chi connectivity index (χ3v) is 3.87. The Morgan fingerprint density at radius 1 is 1.35 bits per heavy atom. The Hall–Kier alpha value is -2.92. The van der Waals surface area contributed by atoms with Crippen molar-refractivity contribution in [1.29, 1.82) is 0 Å². The number of aryl methyl sites for hydroxylation is 1. The quantitative estimate of drug-likeness (QED) is 0.374. The highest BCUT2D eigenvalue weighted by Gasteiger charge is 2.11. The summed E-state index contributed by atoms with van der Waals surface area (Å²) in [6.45, 7) is 4.21. The molecular formula is C18H17N2O5S-. The molecule has 0 radical (unpaired) electrons. The molecule has 2 rings (SSSR count). The fourth-order valence-electron chi connectivity index (χ4n) is 1.92. The Labute approximate surface area is 155 Å². The van der Waals surface area contributed by atoms with E-state index in [1.54, 1.807) is 18.2 Å². The predicted molar refractivity (Wildman–Crippen MR) is 94.5 cm³/mol. The van der Waals surface area contributed by atoms with Gasteiger partial charge in [-0.2, -0.15) is 0 Å². The third-order valence-electron chi connectivity index (χ3n) is 3.03. The number of hydrogen-bond donors (Lipinski definition) is 0. The molecule has 0 aliphatic heterocycles. The number of aliphatic carboxylic acids is 1. The van der Waals surface area contributed by atoms with Crippen LogP contribution in [0, 0.1) is 12.3 Å². The Morgan fingerprint density at radius 3 is 2.77 bits per heavy atom. The molecule has 0 atom stereocenters. The molecule has 0 bridgehead atoms. The summed E-state index contributed by atoms with van der Waals surface area (Å²) in [7, 11) is 0. The zero-order chi connectivity index (χ0) is 18.9. The molecule has 0 amide bonds. The van der Waals surface area contributed by atoms with Gasteiger partial charge in [-0.15, -0.1) is 16.6 Å². The molecule has 0 spiro atoms. The standard InChI is InChI=1S/C18H18N2O5S/c1-4-9-24-13-8-7-12(10-14(13)23-6-3)11-15(17(21)22)26-18-20-19-16(5-2)25-18/h1,7-8,10-11H,5-6,9H2,2-3H3,(H,21,22)/p-1/b15-11-. The highest BCUT2D eigenvalue weighted by Crippen LogP contribution is 2.32. The topological polar surface area (TPSA) is 97.5 Å². The normalized spacial score (nSPS) is 11.0. The van der Waals surface area contributed by atoms with Gasteiger partial charge in [-0.3, -0.25) is 0 Å². The van der Waals surface area contributed by atoms with Crippen molar-refractivity contribution in [1.82, 2.24) is 10.2 Å². The molecule has 1 heterocycles. The summed E-state index contributed by atoms with van der Waals surface area (Å²) in [5, 5.41) is 19.2. The van der Waals surface area contributed by atoms with Gasteiger partial charge in [-0.25, -0.2) is 0 Å². The Kier molecular flexibility index (Phi) is 7.12. The second kappa shape index (κ2) is 9.53. The van der Waals surface area contributed by atoms with Crippen LogP contribution in [-0.4, -0.2) is 29.4 Å². The number of thioether (sulfide) groups is 1. The summed E-state index contributed by atoms with van der Waals surface area (Å²) < 4.78 is 16.2. The van der Waals surface area contributed by atoms with Crippen molar-refractivity contribution in [3.8, 4) is 23.8 Å². The molecule has 0 N–H and O–H groups in total. The SMILES string of the molecule is C#CCOc1ccc(/C=C(\Sc2nnc(CC)o2)C(=O)[O-])cc1OCC. The van der Waals surface area contributed by atoms with E-state index in [1.165, 1.54) is 6.08 Å². The predicted octanol–water partition coefficient (Wildman–Crippen LogP) is 1.93. The van der Waals surface area contributed by atoms with Crippen LogP contribution in [0.2, 0.25) is 0 Å². The van der Waals surface area contributed by atoms with Crippen LogP contribution in [0.15, 0.2) is 32.7 Å². The lowest BCUT2D eigenvalue weighted by atomic mass is 10.2. The minimum atomic E-state index is -1.35. The fourth-order valence-corrected chi connectivity index (χ4v) is 2.61. The van der Waals surface area contributed by atoms with Crippen molar-refractivity contribution in [2.45, 2.75) is 25.5 Å². The maximum atomic E-state index is 11.4. The van der Waals surface area contributed by atoms with E-state index in [2.05, 4.69) is 16.1 Å². The van der Waals surface area contributed by atoms with Gasteiger partial charge >= 0.3 is 0 Å². The molecule has 136 valence electrons. The van der Waals surface area contributed by atoms with Gasteiger partial charge in [-0.1, -0.05) is 18.9 Å². The van der Waals surface area contributed by atoms with Gasteiger partial charge in [0.25, 0.3) is 5.22 Å². The second-order valence-corrected chi connectivity index (χ2v) is 5.84. The van der Waals surface area contributed by atoms with Crippen molar-refractivity contribution in [2.24, 2.45) is 0 Å². The summed E-state index contributed by atoms with van der Waals surface area (Å²) in [6, 6.07) is 5.00. The molecule has 0 aliphatic rings. The number of aromatic nitrogens is 2. The number of carbonyl (C=O) groups excluding carboxylic acids is 1. The first-order valence-electron chi connectivity index (χ1n) is 7.83. The maximum Gasteiger partial charge on any atom is 0.281 e. The molecule has 0 aliphatic carbocycles. The number of terminal acetylenes is 1. The number of carboxylic acid groups (broad SMARTS) is 1. The van der Waals surface area contributed by atoms with Crippen LogP contribution in [0.5, 0.6) is 11.5 Å². The minimum absolute atomic E-state index is 0.0731. The van der Waals surface area contributed by atoms with Crippen LogP contribution >= 0.6 is 11.8 Å². The number of carboxylic acids is 1. The monoisotopic (exact) mass is 373 g/mol. The minimum Gasteiger partial charge on any atom is -0.544 e. The first kappa shape index (κ1) is 19.4. The van der Waals surface area contributed by atoms with Gasteiger partial charge in [0.2, 0.25) is 5.89 Å². The van der Waals surface area contributed by atoms with Crippen molar-refractivity contribution in [3.05, 3.63) is 34.6 Å². The third kappa shape index (κ3) is 5.29. The maximum absolute atomic E-state index is 11.4. The number of carbonyl (C=O) groups is 1. The largest absolute Gasteiger partial charge is 0.544 e. The van der Waals surface area contributed by atoms with E-state index in [-0.39, 0.29) is 16.7 Å². The van der Waals surface area contributed by atoms with Gasteiger partial charge in [0.1, 0.15) is 6.61 Å². The van der Waals surface area contributed by atoms with Crippen LogP contribution in [-0.2, 0) is 11.2 Å². The number of rotatable bonds is 9. The molecule has 0 unspecified atom stereocenters. The zero-order valence-electron chi connectivity index (χ0n) is 14.4. The van der Waals surface area contributed by atoms with Crippen molar-refractivity contribution in [2.75, 3.05) is 13.2 Å². The number of nitrogens with zero attached hydrogens (tertiary/aromatic N) is 2. The van der Waals surface area contributed by atoms with E-state index in [9.17, 15) is 9.90 Å². The van der Waals surface area contributed by atoms with E-state index in [4.69, 9.17) is 20.3 Å². The Morgan fingerprint density at radius 2 is 2.15 bits per heavy atom. The van der Waals surface area contributed by atoms with Crippen LogP contribution in [0.1, 0.15) is 25.3 Å². The molecule has 1 aromatic carbocycles. The number of ether oxygens (including phenoxy) is 2. The van der Waals surface area contributed by atoms with E-state index in [0.717, 1.165) is 11.8 Å². The van der Waals surface area contributed by atoms with Crippen molar-refractivity contribution >= 4 is 23.8 Å². The van der Waals surface area contributed by atoms with E-state index in [0.29, 0.717) is 36.0 Å². The summed E-state index contributed by atoms with van der Waals surface area (Å²) in [5.74, 6) is 2.40. The van der Waals surface area contributed by atoms with Gasteiger partial charge in [0, 0.05) is 11.3 Å². The highest BCUT2D eigenvalue weighted by atomic mass is 32.2. The average Bonchev–Trinajstić information content (AvgIpc) is 3.08. The van der Waals surface area contributed by atoms with Gasteiger partial charge in [0.05, 0.1) is 12.6 Å². The summed E-state index contributed by atoms with van der Waals surface area (Å²) in [5.41, 5.74) is 0.587.